The maximum absolute atomic E-state index is 12.0. The van der Waals surface area contributed by atoms with E-state index in [1.165, 1.54) is 18.1 Å². The number of phenols is 1. The lowest BCUT2D eigenvalue weighted by Crippen LogP contribution is -2.37. The van der Waals surface area contributed by atoms with E-state index in [9.17, 15) is 14.7 Å². The van der Waals surface area contributed by atoms with Gasteiger partial charge in [0.1, 0.15) is 24.6 Å². The quantitative estimate of drug-likeness (QED) is 0.800. The number of phenolic OH excluding ortho intramolecular Hbond substituents is 1. The molecule has 9 nitrogen and oxygen atoms in total. The molecular formula is C17H19N3O6. The van der Waals surface area contributed by atoms with Crippen molar-refractivity contribution in [2.45, 2.75) is 13.5 Å². The summed E-state index contributed by atoms with van der Waals surface area (Å²) in [6.07, 6.45) is -0.487. The van der Waals surface area contributed by atoms with Gasteiger partial charge in [-0.05, 0) is 25.1 Å². The van der Waals surface area contributed by atoms with E-state index in [4.69, 9.17) is 13.9 Å². The van der Waals surface area contributed by atoms with Crippen LogP contribution < -0.4 is 10.1 Å². The molecule has 1 aromatic carbocycles. The molecule has 138 valence electrons. The number of ether oxygens (including phenoxy) is 2. The number of nitrogens with one attached hydrogen (secondary N) is 1. The van der Waals surface area contributed by atoms with Crippen LogP contribution in [0.5, 0.6) is 11.5 Å². The van der Waals surface area contributed by atoms with Gasteiger partial charge >= 0.3 is 6.09 Å². The van der Waals surface area contributed by atoms with E-state index in [1.807, 2.05) is 0 Å². The first-order chi connectivity index (χ1) is 12.5. The first-order valence-corrected chi connectivity index (χ1v) is 8.00. The molecule has 2 amide bonds. The summed E-state index contributed by atoms with van der Waals surface area (Å²) in [6.45, 7) is 2.54. The van der Waals surface area contributed by atoms with Gasteiger partial charge in [0.2, 0.25) is 11.8 Å². The zero-order valence-corrected chi connectivity index (χ0v) is 14.4. The fraction of sp³-hybridized carbons (Fsp3) is 0.353. The summed E-state index contributed by atoms with van der Waals surface area (Å²) in [7, 11) is 1.46. The van der Waals surface area contributed by atoms with Gasteiger partial charge in [-0.25, -0.2) is 9.78 Å². The van der Waals surface area contributed by atoms with Crippen molar-refractivity contribution in [3.63, 3.8) is 0 Å². The van der Waals surface area contributed by atoms with E-state index >= 15 is 0 Å². The zero-order valence-electron chi connectivity index (χ0n) is 14.4. The number of oxazole rings is 1. The van der Waals surface area contributed by atoms with Crippen molar-refractivity contribution in [2.24, 2.45) is 0 Å². The number of carbonyl (C=O) groups is 2. The van der Waals surface area contributed by atoms with Crippen LogP contribution in [0.25, 0.3) is 11.5 Å². The summed E-state index contributed by atoms with van der Waals surface area (Å²) < 4.78 is 15.4. The molecule has 0 spiro atoms. The second-order valence-electron chi connectivity index (χ2n) is 5.72. The number of methoxy groups -OCH3 is 1. The van der Waals surface area contributed by atoms with Crippen LogP contribution in [-0.4, -0.2) is 53.8 Å². The standard InChI is InChI=1S/C17H19N3O6/c1-10-12(8-18-15(22)9-20-5-6-25-17(20)23)19-16(26-10)11-3-4-14(24-2)13(21)7-11/h3-4,7,21H,5-6,8-9H2,1-2H3,(H,18,22). The normalized spacial score (nSPS) is 13.6. The van der Waals surface area contributed by atoms with Gasteiger partial charge in [0.15, 0.2) is 11.5 Å². The van der Waals surface area contributed by atoms with Crippen LogP contribution in [-0.2, 0) is 16.1 Å². The van der Waals surface area contributed by atoms with Gasteiger partial charge in [0, 0.05) is 5.56 Å². The second-order valence-corrected chi connectivity index (χ2v) is 5.72. The molecule has 0 radical (unpaired) electrons. The molecule has 1 aromatic heterocycles. The summed E-state index contributed by atoms with van der Waals surface area (Å²) >= 11 is 0. The van der Waals surface area contributed by atoms with Crippen molar-refractivity contribution < 1.29 is 28.6 Å². The van der Waals surface area contributed by atoms with Crippen LogP contribution in [0.1, 0.15) is 11.5 Å². The minimum Gasteiger partial charge on any atom is -0.504 e. The average molecular weight is 361 g/mol. The number of carbonyl (C=O) groups excluding carboxylic acids is 2. The first-order valence-electron chi connectivity index (χ1n) is 8.00. The predicted octanol–water partition coefficient (Wildman–Crippen LogP) is 1.43. The minimum absolute atomic E-state index is 0.0202. The Kier molecular flexibility index (Phi) is 4.97. The van der Waals surface area contributed by atoms with Gasteiger partial charge in [0.05, 0.1) is 20.2 Å². The number of aromatic nitrogens is 1. The van der Waals surface area contributed by atoms with Crippen LogP contribution in [0.2, 0.25) is 0 Å². The van der Waals surface area contributed by atoms with Crippen LogP contribution in [0, 0.1) is 6.92 Å². The molecule has 0 saturated carbocycles. The summed E-state index contributed by atoms with van der Waals surface area (Å²) in [6, 6.07) is 4.82. The number of aryl methyl sites for hydroxylation is 1. The number of cyclic esters (lactones) is 1. The monoisotopic (exact) mass is 361 g/mol. The molecule has 1 saturated heterocycles. The maximum Gasteiger partial charge on any atom is 0.410 e. The van der Waals surface area contributed by atoms with Crippen molar-refractivity contribution >= 4 is 12.0 Å². The Bertz CT molecular complexity index is 832. The molecular weight excluding hydrogens is 342 g/mol. The van der Waals surface area contributed by atoms with Crippen LogP contribution in [0.3, 0.4) is 0 Å². The lowest BCUT2D eigenvalue weighted by molar-refractivity contribution is -0.121. The highest BCUT2D eigenvalue weighted by atomic mass is 16.6. The summed E-state index contributed by atoms with van der Waals surface area (Å²) in [4.78, 5) is 29.0. The molecule has 2 heterocycles. The molecule has 0 atom stereocenters. The van der Waals surface area contributed by atoms with Crippen molar-refractivity contribution in [1.29, 1.82) is 0 Å². The smallest absolute Gasteiger partial charge is 0.410 e. The number of hydrogen-bond acceptors (Lipinski definition) is 7. The Labute approximate surface area is 149 Å². The summed E-state index contributed by atoms with van der Waals surface area (Å²) in [5, 5.41) is 12.6. The Morgan fingerprint density at radius 1 is 1.46 bits per heavy atom. The average Bonchev–Trinajstić information content (AvgIpc) is 3.19. The van der Waals surface area contributed by atoms with E-state index < -0.39 is 6.09 Å². The van der Waals surface area contributed by atoms with Crippen LogP contribution >= 0.6 is 0 Å². The van der Waals surface area contributed by atoms with E-state index in [1.54, 1.807) is 19.1 Å². The molecule has 0 aliphatic carbocycles. The number of nitrogens with zero attached hydrogens (tertiary/aromatic N) is 2. The molecule has 0 bridgehead atoms. The van der Waals surface area contributed by atoms with Crippen molar-refractivity contribution in [3.8, 4) is 23.0 Å². The Balaban J connectivity index is 1.64. The first kappa shape index (κ1) is 17.6. The van der Waals surface area contributed by atoms with Crippen LogP contribution in [0.15, 0.2) is 22.6 Å². The fourth-order valence-corrected chi connectivity index (χ4v) is 2.52. The van der Waals surface area contributed by atoms with Gasteiger partial charge in [-0.15, -0.1) is 0 Å². The highest BCUT2D eigenvalue weighted by Crippen LogP contribution is 2.31. The molecule has 1 aliphatic heterocycles. The third-order valence-electron chi connectivity index (χ3n) is 3.95. The fourth-order valence-electron chi connectivity index (χ4n) is 2.52. The molecule has 1 aliphatic rings. The highest BCUT2D eigenvalue weighted by Gasteiger charge is 2.24. The van der Waals surface area contributed by atoms with E-state index in [-0.39, 0.29) is 24.7 Å². The van der Waals surface area contributed by atoms with E-state index in [0.717, 1.165) is 0 Å². The Hall–Kier alpha value is -3.23. The molecule has 3 rings (SSSR count). The second kappa shape index (κ2) is 7.34. The van der Waals surface area contributed by atoms with Crippen LogP contribution in [0.4, 0.5) is 4.79 Å². The lowest BCUT2D eigenvalue weighted by atomic mass is 10.2. The largest absolute Gasteiger partial charge is 0.504 e. The van der Waals surface area contributed by atoms with Gasteiger partial charge in [-0.2, -0.15) is 0 Å². The molecule has 1 fully saturated rings. The molecule has 2 aromatic rings. The zero-order chi connectivity index (χ0) is 18.7. The number of hydrogen-bond donors (Lipinski definition) is 2. The van der Waals surface area contributed by atoms with Gasteiger partial charge in [-0.1, -0.05) is 0 Å². The van der Waals surface area contributed by atoms with Crippen molar-refractivity contribution in [2.75, 3.05) is 26.8 Å². The van der Waals surface area contributed by atoms with Gasteiger partial charge in [-0.3, -0.25) is 9.69 Å². The van der Waals surface area contributed by atoms with E-state index in [2.05, 4.69) is 10.3 Å². The van der Waals surface area contributed by atoms with Crippen molar-refractivity contribution in [1.82, 2.24) is 15.2 Å². The lowest BCUT2D eigenvalue weighted by Gasteiger charge is -2.11. The molecule has 2 N–H and O–H groups in total. The summed E-state index contributed by atoms with van der Waals surface area (Å²) in [5.74, 6) is 0.900. The van der Waals surface area contributed by atoms with Gasteiger partial charge < -0.3 is 24.3 Å². The van der Waals surface area contributed by atoms with E-state index in [0.29, 0.717) is 41.8 Å². The third-order valence-corrected chi connectivity index (χ3v) is 3.95. The molecule has 26 heavy (non-hydrogen) atoms. The Morgan fingerprint density at radius 3 is 2.92 bits per heavy atom. The topological polar surface area (TPSA) is 114 Å². The number of amides is 2. The Morgan fingerprint density at radius 2 is 2.27 bits per heavy atom. The summed E-state index contributed by atoms with van der Waals surface area (Å²) in [5.41, 5.74) is 1.15. The SMILES string of the molecule is COc1ccc(-c2nc(CNC(=O)CN3CCOC3=O)c(C)o2)cc1O. The number of aromatic hydroxyl groups is 1. The number of benzene rings is 1. The van der Waals surface area contributed by atoms with Gasteiger partial charge in [0.25, 0.3) is 0 Å². The predicted molar refractivity (Wildman–Crippen MR) is 89.7 cm³/mol. The third kappa shape index (κ3) is 3.71. The molecule has 9 heteroatoms. The molecule has 0 unspecified atom stereocenters. The minimum atomic E-state index is -0.487. The maximum atomic E-state index is 12.0. The number of rotatable bonds is 6. The highest BCUT2D eigenvalue weighted by molar-refractivity contribution is 5.82. The van der Waals surface area contributed by atoms with Crippen molar-refractivity contribution in [3.05, 3.63) is 29.7 Å².